The first-order valence-electron chi connectivity index (χ1n) is 6.44. The van der Waals surface area contributed by atoms with E-state index in [2.05, 4.69) is 31.5 Å². The van der Waals surface area contributed by atoms with Crippen LogP contribution in [0.25, 0.3) is 11.4 Å². The van der Waals surface area contributed by atoms with E-state index in [1.54, 1.807) is 18.6 Å². The van der Waals surface area contributed by atoms with Gasteiger partial charge in [0, 0.05) is 24.6 Å². The zero-order valence-corrected chi connectivity index (χ0v) is 11.2. The summed E-state index contributed by atoms with van der Waals surface area (Å²) in [6.07, 6.45) is 5.34. The molecule has 0 spiro atoms. The number of aryl methyl sites for hydroxylation is 1. The molecule has 5 nitrogen and oxygen atoms in total. The van der Waals surface area contributed by atoms with Gasteiger partial charge in [0.1, 0.15) is 5.69 Å². The van der Waals surface area contributed by atoms with Crippen molar-refractivity contribution in [2.75, 3.05) is 5.32 Å². The summed E-state index contributed by atoms with van der Waals surface area (Å²) in [4.78, 5) is 8.61. The van der Waals surface area contributed by atoms with Gasteiger partial charge in [0.15, 0.2) is 0 Å². The highest BCUT2D eigenvalue weighted by molar-refractivity contribution is 5.70. The summed E-state index contributed by atoms with van der Waals surface area (Å²) in [7, 11) is 0. The van der Waals surface area contributed by atoms with E-state index in [4.69, 9.17) is 0 Å². The lowest BCUT2D eigenvalue weighted by molar-refractivity contribution is 1.06. The summed E-state index contributed by atoms with van der Waals surface area (Å²) in [5, 5.41) is 10.4. The van der Waals surface area contributed by atoms with Crippen molar-refractivity contribution in [2.24, 2.45) is 0 Å². The zero-order chi connectivity index (χ0) is 13.8. The lowest BCUT2D eigenvalue weighted by Gasteiger charge is -2.08. The van der Waals surface area contributed by atoms with E-state index in [-0.39, 0.29) is 0 Å². The van der Waals surface area contributed by atoms with Crippen LogP contribution in [0.1, 0.15) is 11.3 Å². The fourth-order valence-corrected chi connectivity index (χ4v) is 2.02. The number of H-pyrrole nitrogens is 1. The molecule has 3 rings (SSSR count). The first-order chi connectivity index (χ1) is 9.84. The maximum absolute atomic E-state index is 4.33. The molecule has 0 aromatic carbocycles. The predicted molar refractivity (Wildman–Crippen MR) is 78.1 cm³/mol. The van der Waals surface area contributed by atoms with Gasteiger partial charge in [-0.25, -0.2) is 0 Å². The van der Waals surface area contributed by atoms with Crippen molar-refractivity contribution in [2.45, 2.75) is 13.5 Å². The van der Waals surface area contributed by atoms with Crippen LogP contribution in [0.4, 0.5) is 5.69 Å². The highest BCUT2D eigenvalue weighted by Crippen LogP contribution is 2.23. The normalized spacial score (nSPS) is 10.4. The molecule has 2 N–H and O–H groups in total. The van der Waals surface area contributed by atoms with Crippen molar-refractivity contribution in [3.05, 3.63) is 60.2 Å². The second-order valence-corrected chi connectivity index (χ2v) is 4.48. The molecule has 0 fully saturated rings. The molecule has 0 bridgehead atoms. The SMILES string of the molecule is Cc1ncccc1CNc1cn[nH]c1-c1ccccn1. The van der Waals surface area contributed by atoms with Crippen molar-refractivity contribution in [1.29, 1.82) is 0 Å². The summed E-state index contributed by atoms with van der Waals surface area (Å²) in [6.45, 7) is 2.71. The van der Waals surface area contributed by atoms with Crippen LogP contribution >= 0.6 is 0 Å². The summed E-state index contributed by atoms with van der Waals surface area (Å²) in [5.41, 5.74) is 4.90. The maximum atomic E-state index is 4.33. The first-order valence-corrected chi connectivity index (χ1v) is 6.44. The molecule has 0 saturated carbocycles. The number of anilines is 1. The molecule has 3 aromatic heterocycles. The number of aromatic amines is 1. The lowest BCUT2D eigenvalue weighted by atomic mass is 10.2. The smallest absolute Gasteiger partial charge is 0.107 e. The number of rotatable bonds is 4. The Morgan fingerprint density at radius 2 is 2.00 bits per heavy atom. The Labute approximate surface area is 117 Å². The molecule has 0 aliphatic carbocycles. The topological polar surface area (TPSA) is 66.5 Å². The van der Waals surface area contributed by atoms with Gasteiger partial charge in [0.25, 0.3) is 0 Å². The average Bonchev–Trinajstić information content (AvgIpc) is 2.96. The summed E-state index contributed by atoms with van der Waals surface area (Å²) in [6, 6.07) is 9.81. The second-order valence-electron chi connectivity index (χ2n) is 4.48. The Morgan fingerprint density at radius 3 is 2.80 bits per heavy atom. The predicted octanol–water partition coefficient (Wildman–Crippen LogP) is 2.79. The molecule has 0 radical (unpaired) electrons. The molecule has 0 atom stereocenters. The molecule has 20 heavy (non-hydrogen) atoms. The van der Waals surface area contributed by atoms with Gasteiger partial charge in [-0.2, -0.15) is 5.10 Å². The van der Waals surface area contributed by atoms with Gasteiger partial charge in [-0.1, -0.05) is 12.1 Å². The highest BCUT2D eigenvalue weighted by atomic mass is 15.1. The Hall–Kier alpha value is -2.69. The van der Waals surface area contributed by atoms with Crippen molar-refractivity contribution >= 4 is 5.69 Å². The molecule has 0 saturated heterocycles. The van der Waals surface area contributed by atoms with E-state index in [1.807, 2.05) is 31.2 Å². The van der Waals surface area contributed by atoms with Gasteiger partial charge >= 0.3 is 0 Å². The van der Waals surface area contributed by atoms with Crippen LogP contribution in [0.15, 0.2) is 48.9 Å². The number of aromatic nitrogens is 4. The van der Waals surface area contributed by atoms with Crippen LogP contribution in [-0.4, -0.2) is 20.2 Å². The molecule has 0 amide bonds. The van der Waals surface area contributed by atoms with E-state index in [0.29, 0.717) is 6.54 Å². The molecule has 0 aliphatic heterocycles. The number of nitrogens with zero attached hydrogens (tertiary/aromatic N) is 3. The van der Waals surface area contributed by atoms with Gasteiger partial charge < -0.3 is 5.32 Å². The van der Waals surface area contributed by atoms with E-state index in [1.165, 1.54) is 5.56 Å². The third-order valence-corrected chi connectivity index (χ3v) is 3.15. The lowest BCUT2D eigenvalue weighted by Crippen LogP contribution is -2.02. The van der Waals surface area contributed by atoms with Crippen molar-refractivity contribution in [3.63, 3.8) is 0 Å². The summed E-state index contributed by atoms with van der Waals surface area (Å²) < 4.78 is 0. The summed E-state index contributed by atoms with van der Waals surface area (Å²) >= 11 is 0. The first kappa shape index (κ1) is 12.3. The number of pyridine rings is 2. The largest absolute Gasteiger partial charge is 0.378 e. The molecular weight excluding hydrogens is 250 g/mol. The Kier molecular flexibility index (Phi) is 3.41. The molecule has 100 valence electrons. The number of hydrogen-bond acceptors (Lipinski definition) is 4. The van der Waals surface area contributed by atoms with Crippen molar-refractivity contribution < 1.29 is 0 Å². The third kappa shape index (κ3) is 2.51. The van der Waals surface area contributed by atoms with Gasteiger partial charge in [-0.05, 0) is 30.7 Å². The zero-order valence-electron chi connectivity index (χ0n) is 11.2. The minimum Gasteiger partial charge on any atom is -0.378 e. The minimum absolute atomic E-state index is 0.707. The van der Waals surface area contributed by atoms with E-state index in [0.717, 1.165) is 22.8 Å². The standard InChI is InChI=1S/C15H15N5/c1-11-12(5-4-8-16-11)9-18-14-10-19-20-15(14)13-6-2-3-7-17-13/h2-8,10,18H,9H2,1H3,(H,19,20). The number of nitrogens with one attached hydrogen (secondary N) is 2. The molecule has 0 unspecified atom stereocenters. The molecule has 0 aliphatic rings. The van der Waals surface area contributed by atoms with E-state index < -0.39 is 0 Å². The fourth-order valence-electron chi connectivity index (χ4n) is 2.02. The van der Waals surface area contributed by atoms with Crippen LogP contribution in [0, 0.1) is 6.92 Å². The molecule has 5 heteroatoms. The van der Waals surface area contributed by atoms with E-state index >= 15 is 0 Å². The minimum atomic E-state index is 0.707. The maximum Gasteiger partial charge on any atom is 0.107 e. The third-order valence-electron chi connectivity index (χ3n) is 3.15. The highest BCUT2D eigenvalue weighted by Gasteiger charge is 2.08. The monoisotopic (exact) mass is 265 g/mol. The Balaban J connectivity index is 1.80. The van der Waals surface area contributed by atoms with Gasteiger partial charge in [0.05, 0.1) is 17.6 Å². The van der Waals surface area contributed by atoms with Crippen LogP contribution in [-0.2, 0) is 6.54 Å². The summed E-state index contributed by atoms with van der Waals surface area (Å²) in [5.74, 6) is 0. The molecular formula is C15H15N5. The van der Waals surface area contributed by atoms with Crippen LogP contribution in [0.3, 0.4) is 0 Å². The van der Waals surface area contributed by atoms with Crippen LogP contribution in [0.5, 0.6) is 0 Å². The van der Waals surface area contributed by atoms with E-state index in [9.17, 15) is 0 Å². The van der Waals surface area contributed by atoms with Crippen LogP contribution < -0.4 is 5.32 Å². The quantitative estimate of drug-likeness (QED) is 0.761. The van der Waals surface area contributed by atoms with Crippen molar-refractivity contribution in [3.8, 4) is 11.4 Å². The van der Waals surface area contributed by atoms with Gasteiger partial charge in [-0.15, -0.1) is 0 Å². The molecule has 3 aromatic rings. The van der Waals surface area contributed by atoms with Crippen LogP contribution in [0.2, 0.25) is 0 Å². The fraction of sp³-hybridized carbons (Fsp3) is 0.133. The average molecular weight is 265 g/mol. The second kappa shape index (κ2) is 5.52. The Morgan fingerprint density at radius 1 is 1.10 bits per heavy atom. The van der Waals surface area contributed by atoms with Gasteiger partial charge in [-0.3, -0.25) is 15.1 Å². The Bertz CT molecular complexity index is 690. The van der Waals surface area contributed by atoms with Crippen molar-refractivity contribution in [1.82, 2.24) is 20.2 Å². The van der Waals surface area contributed by atoms with Gasteiger partial charge in [0.2, 0.25) is 0 Å². The molecule has 3 heterocycles. The number of hydrogen-bond donors (Lipinski definition) is 2.